The molecule has 0 radical (unpaired) electrons. The van der Waals surface area contributed by atoms with Crippen molar-refractivity contribution in [1.29, 1.82) is 0 Å². The molecule has 1 aromatic heterocycles. The molecule has 0 saturated carbocycles. The Morgan fingerprint density at radius 2 is 2.11 bits per heavy atom. The topological polar surface area (TPSA) is 68.2 Å². The Morgan fingerprint density at radius 1 is 1.47 bits per heavy atom. The molecule has 0 fully saturated rings. The molecule has 1 atom stereocenters. The lowest BCUT2D eigenvalue weighted by Gasteiger charge is -2.13. The van der Waals surface area contributed by atoms with Gasteiger partial charge in [-0.05, 0) is 26.3 Å². The monoisotopic (exact) mass is 306 g/mol. The maximum Gasteiger partial charge on any atom is 0.268 e. The Bertz CT molecular complexity index is 551. The van der Waals surface area contributed by atoms with E-state index in [1.165, 1.54) is 12.3 Å². The molecule has 7 heteroatoms. The van der Waals surface area contributed by atoms with Crippen LogP contribution in [0.1, 0.15) is 44.1 Å². The van der Waals surface area contributed by atoms with Gasteiger partial charge < -0.3 is 9.88 Å². The normalized spacial score (nSPS) is 13.3. The van der Waals surface area contributed by atoms with Crippen LogP contribution in [0.4, 0.5) is 0 Å². The molecule has 0 aliphatic rings. The number of aromatic nitrogens is 1. The summed E-state index contributed by atoms with van der Waals surface area (Å²) in [4.78, 5) is 12.0. The number of hydrogen-bond acceptors (Lipinski definition) is 3. The summed E-state index contributed by atoms with van der Waals surface area (Å²) in [6, 6.07) is 1.36. The summed E-state index contributed by atoms with van der Waals surface area (Å²) in [7, 11) is 1.47. The van der Waals surface area contributed by atoms with E-state index in [1.807, 2.05) is 20.8 Å². The van der Waals surface area contributed by atoms with E-state index in [0.29, 0.717) is 12.2 Å². The number of nitrogens with zero attached hydrogens (tertiary/aromatic N) is 1. The molecule has 0 bridgehead atoms. The Hall–Kier alpha value is -1.01. The fraction of sp³-hybridized carbons (Fsp3) is 0.583. The van der Waals surface area contributed by atoms with Crippen LogP contribution in [-0.2, 0) is 15.6 Å². The first-order valence-corrected chi connectivity index (χ1v) is 8.56. The van der Waals surface area contributed by atoms with Crippen molar-refractivity contribution in [3.8, 4) is 0 Å². The average molecular weight is 307 g/mol. The predicted octanol–water partition coefficient (Wildman–Crippen LogP) is 2.35. The highest BCUT2D eigenvalue weighted by molar-refractivity contribution is 8.13. The van der Waals surface area contributed by atoms with Crippen molar-refractivity contribution in [2.45, 2.75) is 51.1 Å². The van der Waals surface area contributed by atoms with Gasteiger partial charge in [0.1, 0.15) is 10.6 Å². The Labute approximate surface area is 118 Å². The number of carbonyl (C=O) groups excluding carboxylic acids is 1. The highest BCUT2D eigenvalue weighted by atomic mass is 35.7. The zero-order chi connectivity index (χ0) is 14.6. The third kappa shape index (κ3) is 4.24. The van der Waals surface area contributed by atoms with Gasteiger partial charge in [0.25, 0.3) is 15.0 Å². The summed E-state index contributed by atoms with van der Waals surface area (Å²) < 4.78 is 24.1. The number of rotatable bonds is 6. The summed E-state index contributed by atoms with van der Waals surface area (Å²) >= 11 is 0. The van der Waals surface area contributed by atoms with E-state index in [0.717, 1.165) is 12.8 Å². The molecular formula is C12H19ClN2O3S. The third-order valence-corrected chi connectivity index (χ3v) is 4.15. The van der Waals surface area contributed by atoms with Gasteiger partial charge in [-0.25, -0.2) is 8.42 Å². The Morgan fingerprint density at radius 3 is 2.58 bits per heavy atom. The lowest BCUT2D eigenvalue weighted by atomic mass is 10.2. The van der Waals surface area contributed by atoms with Crippen molar-refractivity contribution >= 4 is 25.6 Å². The van der Waals surface area contributed by atoms with E-state index < -0.39 is 9.05 Å². The standard InChI is InChI=1S/C12H19ClN2O3S/c1-4-6-9(3)14-12(16)11-7-10(19(13,17)18)8-15(11)5-2/h7-9H,4-6H2,1-3H3,(H,14,16). The largest absolute Gasteiger partial charge is 0.348 e. The fourth-order valence-electron chi connectivity index (χ4n) is 1.87. The van der Waals surface area contributed by atoms with Gasteiger partial charge in [0.05, 0.1) is 0 Å². The SMILES string of the molecule is CCCC(C)NC(=O)c1cc(S(=O)(=O)Cl)cn1CC. The van der Waals surface area contributed by atoms with Crippen molar-refractivity contribution in [3.05, 3.63) is 18.0 Å². The fourth-order valence-corrected chi connectivity index (χ4v) is 2.63. The summed E-state index contributed by atoms with van der Waals surface area (Å²) in [6.45, 7) is 6.28. The van der Waals surface area contributed by atoms with Crippen LogP contribution >= 0.6 is 10.7 Å². The second-order valence-electron chi connectivity index (χ2n) is 4.45. The average Bonchev–Trinajstić information content (AvgIpc) is 2.72. The highest BCUT2D eigenvalue weighted by Gasteiger charge is 2.20. The summed E-state index contributed by atoms with van der Waals surface area (Å²) in [6.07, 6.45) is 3.22. The van der Waals surface area contributed by atoms with Crippen LogP contribution in [0.15, 0.2) is 17.2 Å². The van der Waals surface area contributed by atoms with Crippen LogP contribution in [0.3, 0.4) is 0 Å². The van der Waals surface area contributed by atoms with Crippen molar-refractivity contribution in [3.63, 3.8) is 0 Å². The molecule has 0 saturated heterocycles. The van der Waals surface area contributed by atoms with Gasteiger partial charge in [-0.3, -0.25) is 4.79 Å². The molecule has 1 aromatic rings. The van der Waals surface area contributed by atoms with E-state index in [4.69, 9.17) is 10.7 Å². The van der Waals surface area contributed by atoms with Crippen LogP contribution in [0.25, 0.3) is 0 Å². The lowest BCUT2D eigenvalue weighted by Crippen LogP contribution is -2.33. The van der Waals surface area contributed by atoms with Gasteiger partial charge in [-0.1, -0.05) is 13.3 Å². The van der Waals surface area contributed by atoms with Crippen molar-refractivity contribution < 1.29 is 13.2 Å². The molecule has 1 unspecified atom stereocenters. The van der Waals surface area contributed by atoms with Crippen molar-refractivity contribution in [2.24, 2.45) is 0 Å². The van der Waals surface area contributed by atoms with E-state index >= 15 is 0 Å². The molecule has 1 amide bonds. The van der Waals surface area contributed by atoms with Crippen LogP contribution in [-0.4, -0.2) is 24.9 Å². The van der Waals surface area contributed by atoms with Gasteiger partial charge >= 0.3 is 0 Å². The summed E-state index contributed by atoms with van der Waals surface area (Å²) in [5, 5.41) is 2.84. The maximum atomic E-state index is 12.1. The zero-order valence-electron chi connectivity index (χ0n) is 11.3. The van der Waals surface area contributed by atoms with Gasteiger partial charge in [-0.2, -0.15) is 0 Å². The van der Waals surface area contributed by atoms with Crippen LogP contribution in [0.2, 0.25) is 0 Å². The maximum absolute atomic E-state index is 12.1. The number of hydrogen-bond donors (Lipinski definition) is 1. The van der Waals surface area contributed by atoms with E-state index in [9.17, 15) is 13.2 Å². The zero-order valence-corrected chi connectivity index (χ0v) is 12.9. The number of carbonyl (C=O) groups is 1. The first-order chi connectivity index (χ1) is 8.79. The Kier molecular flexibility index (Phi) is 5.43. The molecule has 0 aliphatic carbocycles. The molecule has 19 heavy (non-hydrogen) atoms. The molecule has 1 heterocycles. The molecular weight excluding hydrogens is 288 g/mol. The van der Waals surface area contributed by atoms with Crippen molar-refractivity contribution in [2.75, 3.05) is 0 Å². The number of aryl methyl sites for hydroxylation is 1. The van der Waals surface area contributed by atoms with Crippen LogP contribution < -0.4 is 5.32 Å². The van der Waals surface area contributed by atoms with Gasteiger partial charge in [0.2, 0.25) is 0 Å². The quantitative estimate of drug-likeness (QED) is 0.820. The summed E-state index contributed by atoms with van der Waals surface area (Å²) in [5.41, 5.74) is 0.310. The van der Waals surface area contributed by atoms with Gasteiger partial charge in [-0.15, -0.1) is 0 Å². The lowest BCUT2D eigenvalue weighted by molar-refractivity contribution is 0.0929. The van der Waals surface area contributed by atoms with E-state index in [2.05, 4.69) is 5.32 Å². The molecule has 1 N–H and O–H groups in total. The smallest absolute Gasteiger partial charge is 0.268 e. The molecule has 0 aliphatic heterocycles. The van der Waals surface area contributed by atoms with Gasteiger partial charge in [0, 0.05) is 29.5 Å². The van der Waals surface area contributed by atoms with Gasteiger partial charge in [0.15, 0.2) is 0 Å². The highest BCUT2D eigenvalue weighted by Crippen LogP contribution is 2.18. The van der Waals surface area contributed by atoms with E-state index in [-0.39, 0.29) is 16.8 Å². The molecule has 5 nitrogen and oxygen atoms in total. The minimum Gasteiger partial charge on any atom is -0.348 e. The first kappa shape index (κ1) is 16.0. The van der Waals surface area contributed by atoms with Crippen LogP contribution in [0, 0.1) is 0 Å². The minimum absolute atomic E-state index is 0.0498. The second kappa shape index (κ2) is 6.43. The third-order valence-electron chi connectivity index (χ3n) is 2.83. The molecule has 1 rings (SSSR count). The van der Waals surface area contributed by atoms with Crippen LogP contribution in [0.5, 0.6) is 0 Å². The summed E-state index contributed by atoms with van der Waals surface area (Å²) in [5.74, 6) is -0.283. The van der Waals surface area contributed by atoms with Crippen molar-refractivity contribution in [1.82, 2.24) is 9.88 Å². The molecule has 0 spiro atoms. The Balaban J connectivity index is 2.99. The molecule has 0 aromatic carbocycles. The number of amides is 1. The molecule has 108 valence electrons. The number of nitrogens with one attached hydrogen (secondary N) is 1. The first-order valence-electron chi connectivity index (χ1n) is 6.25. The number of halogens is 1. The second-order valence-corrected chi connectivity index (χ2v) is 7.01. The minimum atomic E-state index is -3.82. The predicted molar refractivity (Wildman–Crippen MR) is 75.0 cm³/mol. The van der Waals surface area contributed by atoms with E-state index in [1.54, 1.807) is 4.57 Å².